The van der Waals surface area contributed by atoms with Gasteiger partial charge in [-0.05, 0) is 43.2 Å². The Morgan fingerprint density at radius 3 is 2.30 bits per heavy atom. The van der Waals surface area contributed by atoms with Crippen molar-refractivity contribution in [3.8, 4) is 11.5 Å². The van der Waals surface area contributed by atoms with Gasteiger partial charge in [-0.1, -0.05) is 25.1 Å². The van der Waals surface area contributed by atoms with Crippen molar-refractivity contribution >= 4 is 15.7 Å². The van der Waals surface area contributed by atoms with Crippen molar-refractivity contribution in [2.75, 3.05) is 13.4 Å². The van der Waals surface area contributed by atoms with Gasteiger partial charge in [-0.15, -0.1) is 0 Å². The van der Waals surface area contributed by atoms with Crippen molar-refractivity contribution in [2.24, 2.45) is 0 Å². The molecule has 7 heteroatoms. The maximum atomic E-state index is 12.6. The molecule has 0 aromatic heterocycles. The van der Waals surface area contributed by atoms with E-state index < -0.39 is 15.9 Å². The second-order valence-corrected chi connectivity index (χ2v) is 8.28. The quantitative estimate of drug-likeness (QED) is 0.748. The fourth-order valence-corrected chi connectivity index (χ4v) is 3.18. The van der Waals surface area contributed by atoms with Gasteiger partial charge >= 0.3 is 0 Å². The predicted molar refractivity (Wildman–Crippen MR) is 104 cm³/mol. The predicted octanol–water partition coefficient (Wildman–Crippen LogP) is 3.13. The molecule has 0 saturated carbocycles. The molecule has 0 radical (unpaired) electrons. The van der Waals surface area contributed by atoms with Gasteiger partial charge in [-0.2, -0.15) is 0 Å². The van der Waals surface area contributed by atoms with Gasteiger partial charge in [0.05, 0.1) is 18.0 Å². The molecule has 0 bridgehead atoms. The third kappa shape index (κ3) is 5.72. The lowest BCUT2D eigenvalue weighted by molar-refractivity contribution is -0.128. The zero-order valence-corrected chi connectivity index (χ0v) is 16.7. The molecule has 2 unspecified atom stereocenters. The number of nitrogens with one attached hydrogen (secondary N) is 1. The lowest BCUT2D eigenvalue weighted by Crippen LogP contribution is -2.39. The molecule has 0 heterocycles. The summed E-state index contributed by atoms with van der Waals surface area (Å²) in [6.07, 6.45) is 1.02. The molecule has 2 aromatic rings. The normalized spacial score (nSPS) is 13.5. The molecule has 0 aliphatic heterocycles. The second-order valence-electron chi connectivity index (χ2n) is 6.27. The topological polar surface area (TPSA) is 81.7 Å². The Morgan fingerprint density at radius 2 is 1.74 bits per heavy atom. The number of amides is 1. The van der Waals surface area contributed by atoms with Crippen molar-refractivity contribution in [3.63, 3.8) is 0 Å². The molecule has 0 saturated heterocycles. The molecule has 6 nitrogen and oxygen atoms in total. The fraction of sp³-hybridized carbons (Fsp3) is 0.350. The van der Waals surface area contributed by atoms with E-state index in [0.29, 0.717) is 17.9 Å². The smallest absolute Gasteiger partial charge is 0.261 e. The Bertz CT molecular complexity index is 878. The molecule has 2 rings (SSSR count). The molecule has 146 valence electrons. The van der Waals surface area contributed by atoms with E-state index in [1.165, 1.54) is 12.1 Å². The van der Waals surface area contributed by atoms with Crippen LogP contribution in [0.1, 0.15) is 31.9 Å². The minimum Gasteiger partial charge on any atom is -0.497 e. The first-order chi connectivity index (χ1) is 12.7. The Balaban J connectivity index is 2.04. The largest absolute Gasteiger partial charge is 0.497 e. The van der Waals surface area contributed by atoms with E-state index in [1.54, 1.807) is 43.5 Å². The van der Waals surface area contributed by atoms with Crippen LogP contribution < -0.4 is 14.8 Å². The molecule has 0 spiro atoms. The Labute approximate surface area is 160 Å². The number of rotatable bonds is 8. The van der Waals surface area contributed by atoms with Crippen LogP contribution in [-0.2, 0) is 14.6 Å². The van der Waals surface area contributed by atoms with Crippen LogP contribution in [0.25, 0.3) is 0 Å². The van der Waals surface area contributed by atoms with Crippen LogP contribution in [0.2, 0.25) is 0 Å². The van der Waals surface area contributed by atoms with Crippen LogP contribution in [0.15, 0.2) is 53.4 Å². The van der Waals surface area contributed by atoms with Gasteiger partial charge in [0.15, 0.2) is 15.9 Å². The van der Waals surface area contributed by atoms with Gasteiger partial charge in [0.2, 0.25) is 0 Å². The van der Waals surface area contributed by atoms with E-state index in [1.807, 2.05) is 13.8 Å². The summed E-state index contributed by atoms with van der Waals surface area (Å²) in [6, 6.07) is 13.3. The highest BCUT2D eigenvalue weighted by Gasteiger charge is 2.21. The Hall–Kier alpha value is -2.54. The molecular formula is C20H25NO5S. The minimum absolute atomic E-state index is 0.236. The lowest BCUT2D eigenvalue weighted by Gasteiger charge is -2.21. The van der Waals surface area contributed by atoms with E-state index in [4.69, 9.17) is 9.47 Å². The van der Waals surface area contributed by atoms with E-state index in [-0.39, 0.29) is 16.8 Å². The van der Waals surface area contributed by atoms with Crippen molar-refractivity contribution in [1.82, 2.24) is 5.32 Å². The first-order valence-corrected chi connectivity index (χ1v) is 10.5. The first-order valence-electron chi connectivity index (χ1n) is 8.65. The van der Waals surface area contributed by atoms with Crippen LogP contribution in [-0.4, -0.2) is 33.8 Å². The summed E-state index contributed by atoms with van der Waals surface area (Å²) in [7, 11) is -1.67. The zero-order chi connectivity index (χ0) is 20.0. The van der Waals surface area contributed by atoms with Gasteiger partial charge in [0.1, 0.15) is 11.5 Å². The lowest BCUT2D eigenvalue weighted by atomic mass is 10.1. The molecule has 27 heavy (non-hydrogen) atoms. The average molecular weight is 391 g/mol. The molecule has 2 atom stereocenters. The molecule has 0 aliphatic rings. The summed E-state index contributed by atoms with van der Waals surface area (Å²) in [5.41, 5.74) is 0.812. The van der Waals surface area contributed by atoms with Crippen molar-refractivity contribution in [2.45, 2.75) is 37.3 Å². The highest BCUT2D eigenvalue weighted by Crippen LogP contribution is 2.21. The fourth-order valence-electron chi connectivity index (χ4n) is 2.55. The molecular weight excluding hydrogens is 366 g/mol. The van der Waals surface area contributed by atoms with Crippen LogP contribution >= 0.6 is 0 Å². The van der Waals surface area contributed by atoms with Crippen LogP contribution in [0.4, 0.5) is 0 Å². The molecule has 1 amide bonds. The summed E-state index contributed by atoms with van der Waals surface area (Å²) in [4.78, 5) is 12.8. The average Bonchev–Trinajstić information content (AvgIpc) is 2.65. The van der Waals surface area contributed by atoms with Gasteiger partial charge < -0.3 is 14.8 Å². The number of methoxy groups -OCH3 is 1. The number of hydrogen-bond acceptors (Lipinski definition) is 5. The third-order valence-electron chi connectivity index (χ3n) is 4.15. The van der Waals surface area contributed by atoms with Gasteiger partial charge in [0, 0.05) is 12.3 Å². The SMILES string of the molecule is CCC(Oc1cccc(OC)c1)C(=O)NC(C)c1ccc(S(C)(=O)=O)cc1. The maximum absolute atomic E-state index is 12.6. The Morgan fingerprint density at radius 1 is 1.11 bits per heavy atom. The number of sulfone groups is 1. The standard InChI is InChI=1S/C20H25NO5S/c1-5-19(26-17-8-6-7-16(13-17)25-3)20(22)21-14(2)15-9-11-18(12-10-15)27(4,23)24/h6-14,19H,5H2,1-4H3,(H,21,22). The minimum atomic E-state index is -3.24. The van der Waals surface area contributed by atoms with Crippen molar-refractivity contribution in [1.29, 1.82) is 0 Å². The summed E-state index contributed by atoms with van der Waals surface area (Å²) in [5, 5.41) is 2.91. The monoisotopic (exact) mass is 391 g/mol. The van der Waals surface area contributed by atoms with Gasteiger partial charge in [-0.3, -0.25) is 4.79 Å². The number of carbonyl (C=O) groups excluding carboxylic acids is 1. The molecule has 0 fully saturated rings. The zero-order valence-electron chi connectivity index (χ0n) is 15.9. The summed E-state index contributed by atoms with van der Waals surface area (Å²) < 4.78 is 34.0. The van der Waals surface area contributed by atoms with Crippen LogP contribution in [0.5, 0.6) is 11.5 Å². The van der Waals surface area contributed by atoms with Crippen LogP contribution in [0, 0.1) is 0 Å². The molecule has 0 aliphatic carbocycles. The van der Waals surface area contributed by atoms with Crippen molar-refractivity contribution < 1.29 is 22.7 Å². The van der Waals surface area contributed by atoms with Gasteiger partial charge in [-0.25, -0.2) is 8.42 Å². The number of ether oxygens (including phenoxy) is 2. The molecule has 2 aromatic carbocycles. The maximum Gasteiger partial charge on any atom is 0.261 e. The second kappa shape index (κ2) is 8.90. The number of carbonyl (C=O) groups is 1. The van der Waals surface area contributed by atoms with Crippen LogP contribution in [0.3, 0.4) is 0 Å². The highest BCUT2D eigenvalue weighted by atomic mass is 32.2. The van der Waals surface area contributed by atoms with E-state index in [0.717, 1.165) is 11.8 Å². The third-order valence-corrected chi connectivity index (χ3v) is 5.28. The Kier molecular flexibility index (Phi) is 6.85. The summed E-state index contributed by atoms with van der Waals surface area (Å²) in [5.74, 6) is 0.976. The number of benzene rings is 2. The number of hydrogen-bond donors (Lipinski definition) is 1. The van der Waals surface area contributed by atoms with E-state index >= 15 is 0 Å². The van der Waals surface area contributed by atoms with Crippen molar-refractivity contribution in [3.05, 3.63) is 54.1 Å². The van der Waals surface area contributed by atoms with E-state index in [2.05, 4.69) is 5.32 Å². The highest BCUT2D eigenvalue weighted by molar-refractivity contribution is 7.90. The first kappa shape index (κ1) is 20.8. The molecule has 1 N–H and O–H groups in total. The summed E-state index contributed by atoms with van der Waals surface area (Å²) >= 11 is 0. The van der Waals surface area contributed by atoms with E-state index in [9.17, 15) is 13.2 Å². The van der Waals surface area contributed by atoms with Gasteiger partial charge in [0.25, 0.3) is 5.91 Å². The summed E-state index contributed by atoms with van der Waals surface area (Å²) in [6.45, 7) is 3.71.